The lowest BCUT2D eigenvalue weighted by Crippen LogP contribution is -2.33. The number of para-hydroxylation sites is 1. The molecule has 0 atom stereocenters. The number of carbonyl (C=O) groups is 2. The Balaban J connectivity index is 1.87. The van der Waals surface area contributed by atoms with E-state index in [2.05, 4.69) is 34.6 Å². The lowest BCUT2D eigenvalue weighted by atomic mass is 10.1. The summed E-state index contributed by atoms with van der Waals surface area (Å²) < 4.78 is 5.08. The Morgan fingerprint density at radius 1 is 1.03 bits per heavy atom. The van der Waals surface area contributed by atoms with Crippen molar-refractivity contribution >= 4 is 41.4 Å². The van der Waals surface area contributed by atoms with Crippen LogP contribution in [0.15, 0.2) is 77.5 Å². The summed E-state index contributed by atoms with van der Waals surface area (Å²) >= 11 is 6.16. The van der Waals surface area contributed by atoms with E-state index >= 15 is 0 Å². The number of benzene rings is 3. The van der Waals surface area contributed by atoms with Gasteiger partial charge in [0.1, 0.15) is 5.70 Å². The molecule has 0 saturated carbocycles. The predicted octanol–water partition coefficient (Wildman–Crippen LogP) is 4.82. The fourth-order valence-corrected chi connectivity index (χ4v) is 3.78. The van der Waals surface area contributed by atoms with Gasteiger partial charge in [0.15, 0.2) is 11.5 Å². The highest BCUT2D eigenvalue weighted by atomic mass is 35.5. The minimum atomic E-state index is -0.660. The number of ether oxygens (including phenoxy) is 1. The molecule has 0 radical (unpaired) electrons. The molecule has 3 aromatic rings. The third-order valence-corrected chi connectivity index (χ3v) is 5.89. The van der Waals surface area contributed by atoms with Crippen LogP contribution >= 0.6 is 11.6 Å². The zero-order valence-electron chi connectivity index (χ0n) is 20.9. The van der Waals surface area contributed by atoms with Gasteiger partial charge in [-0.25, -0.2) is 5.43 Å². The Morgan fingerprint density at radius 2 is 1.73 bits per heavy atom. The van der Waals surface area contributed by atoms with Gasteiger partial charge in [0.25, 0.3) is 11.8 Å². The normalized spacial score (nSPS) is 11.3. The van der Waals surface area contributed by atoms with E-state index in [4.69, 9.17) is 16.3 Å². The van der Waals surface area contributed by atoms with Crippen molar-refractivity contribution in [3.05, 3.63) is 94.1 Å². The minimum absolute atomic E-state index is 0.0347. The number of phenolic OH excluding ortho intramolecular Hbond substituents is 1. The Hall–Kier alpha value is -4.30. The molecule has 2 amide bonds. The fourth-order valence-electron chi connectivity index (χ4n) is 3.56. The van der Waals surface area contributed by atoms with Gasteiger partial charge in [-0.05, 0) is 61.9 Å². The molecule has 0 saturated heterocycles. The zero-order chi connectivity index (χ0) is 26.8. The van der Waals surface area contributed by atoms with Gasteiger partial charge in [-0.2, -0.15) is 5.10 Å². The van der Waals surface area contributed by atoms with Gasteiger partial charge < -0.3 is 20.1 Å². The van der Waals surface area contributed by atoms with Crippen molar-refractivity contribution in [2.24, 2.45) is 5.10 Å². The largest absolute Gasteiger partial charge is 0.504 e. The SMILES string of the molecule is CCN(CC)c1ccc(/C=C(/NC(=O)c2ccccc2Cl)C(=O)N/N=C\c2cccc(OC)c2O)cc1. The maximum Gasteiger partial charge on any atom is 0.287 e. The van der Waals surface area contributed by atoms with Crippen LogP contribution in [0.25, 0.3) is 6.08 Å². The smallest absolute Gasteiger partial charge is 0.287 e. The number of aromatic hydroxyl groups is 1. The summed E-state index contributed by atoms with van der Waals surface area (Å²) in [5, 5.41) is 17.0. The van der Waals surface area contributed by atoms with E-state index in [1.165, 1.54) is 13.3 Å². The molecule has 0 fully saturated rings. The van der Waals surface area contributed by atoms with Crippen LogP contribution in [-0.2, 0) is 4.79 Å². The van der Waals surface area contributed by atoms with Gasteiger partial charge in [-0.1, -0.05) is 41.9 Å². The van der Waals surface area contributed by atoms with E-state index in [0.717, 1.165) is 18.8 Å². The van der Waals surface area contributed by atoms with Crippen LogP contribution in [0, 0.1) is 0 Å². The van der Waals surface area contributed by atoms with Crippen LogP contribution in [0.4, 0.5) is 5.69 Å². The maximum absolute atomic E-state index is 13.0. The van der Waals surface area contributed by atoms with Gasteiger partial charge in [0.05, 0.1) is 23.9 Å². The summed E-state index contributed by atoms with van der Waals surface area (Å²) in [4.78, 5) is 28.1. The molecule has 37 heavy (non-hydrogen) atoms. The van der Waals surface area contributed by atoms with Crippen molar-refractivity contribution < 1.29 is 19.4 Å². The highest BCUT2D eigenvalue weighted by Gasteiger charge is 2.16. The number of amides is 2. The second-order valence-corrected chi connectivity index (χ2v) is 8.26. The first kappa shape index (κ1) is 27.3. The summed E-state index contributed by atoms with van der Waals surface area (Å²) in [6.07, 6.45) is 2.83. The van der Waals surface area contributed by atoms with E-state index in [9.17, 15) is 14.7 Å². The first-order chi connectivity index (χ1) is 17.9. The monoisotopic (exact) mass is 520 g/mol. The number of halogens is 1. The molecule has 0 aliphatic carbocycles. The number of carbonyl (C=O) groups excluding carboxylic acids is 2. The molecule has 0 spiro atoms. The Bertz CT molecular complexity index is 1300. The molecular formula is C28H29ClN4O4. The highest BCUT2D eigenvalue weighted by molar-refractivity contribution is 6.34. The van der Waals surface area contributed by atoms with Crippen molar-refractivity contribution in [3.8, 4) is 11.5 Å². The van der Waals surface area contributed by atoms with Crippen LogP contribution in [0.1, 0.15) is 35.3 Å². The Labute approximate surface area is 221 Å². The molecule has 3 N–H and O–H groups in total. The van der Waals surface area contributed by atoms with Gasteiger partial charge in [0, 0.05) is 24.3 Å². The van der Waals surface area contributed by atoms with Crippen molar-refractivity contribution in [1.82, 2.24) is 10.7 Å². The second kappa shape index (κ2) is 13.1. The number of hydrogen-bond acceptors (Lipinski definition) is 6. The Morgan fingerprint density at radius 3 is 2.38 bits per heavy atom. The standard InChI is InChI=1S/C28H29ClN4O4/c1-4-33(5-2)21-15-13-19(14-16-21)17-24(31-27(35)22-10-6-7-11-23(22)29)28(36)32-30-18-20-9-8-12-25(37-3)26(20)34/h6-18,34H,4-5H2,1-3H3,(H,31,35)(H,32,36)/b24-17+,30-18-. The average Bonchev–Trinajstić information content (AvgIpc) is 2.91. The predicted molar refractivity (Wildman–Crippen MR) is 147 cm³/mol. The third-order valence-electron chi connectivity index (χ3n) is 5.56. The number of methoxy groups -OCH3 is 1. The van der Waals surface area contributed by atoms with Crippen molar-refractivity contribution in [3.63, 3.8) is 0 Å². The summed E-state index contributed by atoms with van der Waals surface area (Å²) in [7, 11) is 1.44. The summed E-state index contributed by atoms with van der Waals surface area (Å²) in [6, 6.07) is 19.1. The van der Waals surface area contributed by atoms with Crippen LogP contribution in [0.2, 0.25) is 5.02 Å². The number of anilines is 1. The fraction of sp³-hybridized carbons (Fsp3) is 0.179. The topological polar surface area (TPSA) is 103 Å². The average molecular weight is 521 g/mol. The van der Waals surface area contributed by atoms with Crippen molar-refractivity contribution in [2.75, 3.05) is 25.1 Å². The molecule has 0 unspecified atom stereocenters. The number of rotatable bonds is 10. The maximum atomic E-state index is 13.0. The lowest BCUT2D eigenvalue weighted by molar-refractivity contribution is -0.117. The number of hydrogen-bond donors (Lipinski definition) is 3. The van der Waals surface area contributed by atoms with E-state index in [-0.39, 0.29) is 27.8 Å². The summed E-state index contributed by atoms with van der Waals surface area (Å²) in [5.41, 5.74) is 4.68. The van der Waals surface area contributed by atoms with E-state index in [0.29, 0.717) is 11.1 Å². The number of hydrazone groups is 1. The quantitative estimate of drug-likeness (QED) is 0.202. The number of nitrogens with zero attached hydrogens (tertiary/aromatic N) is 2. The summed E-state index contributed by atoms with van der Waals surface area (Å²) in [5.74, 6) is -1.04. The van der Waals surface area contributed by atoms with E-state index < -0.39 is 11.8 Å². The van der Waals surface area contributed by atoms with Crippen LogP contribution in [0.5, 0.6) is 11.5 Å². The molecule has 0 heterocycles. The third kappa shape index (κ3) is 7.11. The van der Waals surface area contributed by atoms with Crippen LogP contribution in [-0.4, -0.2) is 43.3 Å². The van der Waals surface area contributed by atoms with Gasteiger partial charge in [0.2, 0.25) is 0 Å². The van der Waals surface area contributed by atoms with Crippen LogP contribution in [0.3, 0.4) is 0 Å². The zero-order valence-corrected chi connectivity index (χ0v) is 21.6. The van der Waals surface area contributed by atoms with E-state index in [1.807, 2.05) is 24.3 Å². The minimum Gasteiger partial charge on any atom is -0.504 e. The molecular weight excluding hydrogens is 492 g/mol. The highest BCUT2D eigenvalue weighted by Crippen LogP contribution is 2.28. The molecule has 3 rings (SSSR count). The summed E-state index contributed by atoms with van der Waals surface area (Å²) in [6.45, 7) is 5.90. The second-order valence-electron chi connectivity index (χ2n) is 7.85. The number of nitrogens with one attached hydrogen (secondary N) is 2. The van der Waals surface area contributed by atoms with Crippen molar-refractivity contribution in [2.45, 2.75) is 13.8 Å². The van der Waals surface area contributed by atoms with Crippen molar-refractivity contribution in [1.29, 1.82) is 0 Å². The first-order valence-corrected chi connectivity index (χ1v) is 12.1. The Kier molecular flexibility index (Phi) is 9.69. The molecule has 0 aromatic heterocycles. The van der Waals surface area contributed by atoms with Gasteiger partial charge >= 0.3 is 0 Å². The number of phenols is 1. The molecule has 0 aliphatic rings. The molecule has 0 aliphatic heterocycles. The molecule has 9 heteroatoms. The molecule has 0 bridgehead atoms. The molecule has 8 nitrogen and oxygen atoms in total. The van der Waals surface area contributed by atoms with Gasteiger partial charge in [-0.15, -0.1) is 0 Å². The van der Waals surface area contributed by atoms with Gasteiger partial charge in [-0.3, -0.25) is 9.59 Å². The molecule has 192 valence electrons. The lowest BCUT2D eigenvalue weighted by Gasteiger charge is -2.21. The molecule has 3 aromatic carbocycles. The first-order valence-electron chi connectivity index (χ1n) is 11.7. The van der Waals surface area contributed by atoms with Crippen LogP contribution < -0.4 is 20.4 Å². The van der Waals surface area contributed by atoms with E-state index in [1.54, 1.807) is 48.5 Å².